The molecule has 1 atom stereocenters. The van der Waals surface area contributed by atoms with E-state index < -0.39 is 5.41 Å². The minimum Gasteiger partial charge on any atom is -0.872 e. The fourth-order valence-corrected chi connectivity index (χ4v) is 2.96. The van der Waals surface area contributed by atoms with E-state index in [2.05, 4.69) is 25.8 Å². The lowest BCUT2D eigenvalue weighted by molar-refractivity contribution is -0.243. The fraction of sp³-hybridized carbons (Fsp3) is 0.176. The molecule has 0 radical (unpaired) electrons. The van der Waals surface area contributed by atoms with Crippen molar-refractivity contribution in [2.75, 3.05) is 0 Å². The van der Waals surface area contributed by atoms with Crippen LogP contribution in [0.2, 0.25) is 0 Å². The van der Waals surface area contributed by atoms with Gasteiger partial charge in [0.25, 0.3) is 0 Å². The van der Waals surface area contributed by atoms with Crippen LogP contribution in [0.1, 0.15) is 22.3 Å². The number of nitriles is 1. The third kappa shape index (κ3) is 1.48. The fourth-order valence-electron chi connectivity index (χ4n) is 2.96. The van der Waals surface area contributed by atoms with Crippen molar-refractivity contribution in [1.82, 2.24) is 0 Å². The molecule has 0 fully saturated rings. The topological polar surface area (TPSA) is 70.7 Å². The first-order valence-corrected chi connectivity index (χ1v) is 6.21. The monoisotopic (exact) mass is 263 g/mol. The molecule has 0 bridgehead atoms. The number of nitrogens with one attached hydrogen (secondary N) is 1. The van der Waals surface area contributed by atoms with Crippen molar-refractivity contribution in [2.45, 2.75) is 18.8 Å². The summed E-state index contributed by atoms with van der Waals surface area (Å²) in [6, 6.07) is 2.19. The largest absolute Gasteiger partial charge is 0.872 e. The van der Waals surface area contributed by atoms with Gasteiger partial charge in [-0.3, -0.25) is 0 Å². The lowest BCUT2D eigenvalue weighted by Gasteiger charge is -2.38. The molecular formula is C17H15N2O-. The number of hydrogen-bond acceptors (Lipinski definition) is 3. The van der Waals surface area contributed by atoms with Gasteiger partial charge in [0.2, 0.25) is 0 Å². The van der Waals surface area contributed by atoms with E-state index in [9.17, 15) is 10.4 Å². The summed E-state index contributed by atoms with van der Waals surface area (Å²) in [5.74, 6) is -0.194. The zero-order chi connectivity index (χ0) is 15.1. The summed E-state index contributed by atoms with van der Waals surface area (Å²) in [5, 5.41) is 30.1. The van der Waals surface area contributed by atoms with Crippen LogP contribution in [-0.4, -0.2) is 6.21 Å². The van der Waals surface area contributed by atoms with E-state index in [1.165, 1.54) is 12.3 Å². The Balaban J connectivity index is 3.04. The standard InChI is InChI=1S/C17H16N2O/c1-5-12-11(4)16-13(7-17(16,8-18)9-19)10(3)15(12)14(20)6-2/h5-6,8,18,20H,1-3,7H2,4H3/p-1. The average molecular weight is 263 g/mol. The molecule has 0 aromatic heterocycles. The van der Waals surface area contributed by atoms with Crippen LogP contribution < -0.4 is 15.5 Å². The first-order valence-electron chi connectivity index (χ1n) is 6.21. The highest BCUT2D eigenvalue weighted by Crippen LogP contribution is 2.40. The van der Waals surface area contributed by atoms with Gasteiger partial charge in [-0.1, -0.05) is 31.9 Å². The molecule has 1 aromatic carbocycles. The van der Waals surface area contributed by atoms with Gasteiger partial charge in [0.15, 0.2) is 0 Å². The maximum atomic E-state index is 12.0. The zero-order valence-corrected chi connectivity index (χ0v) is 11.4. The molecule has 0 heterocycles. The Hall–Kier alpha value is -2.60. The first-order chi connectivity index (χ1) is 9.47. The molecule has 3 heteroatoms. The molecule has 1 N–H and O–H groups in total. The van der Waals surface area contributed by atoms with Gasteiger partial charge in [-0.15, -0.1) is 5.76 Å². The van der Waals surface area contributed by atoms with Gasteiger partial charge in [0.05, 0.1) is 6.07 Å². The van der Waals surface area contributed by atoms with Gasteiger partial charge in [-0.25, -0.2) is 0 Å². The second-order valence-corrected chi connectivity index (χ2v) is 4.92. The Morgan fingerprint density at radius 1 is 1.50 bits per heavy atom. The van der Waals surface area contributed by atoms with E-state index in [-0.39, 0.29) is 5.76 Å². The molecule has 100 valence electrons. The smallest absolute Gasteiger partial charge is 0.121 e. The van der Waals surface area contributed by atoms with Crippen LogP contribution in [0.4, 0.5) is 0 Å². The number of rotatable bonds is 3. The Labute approximate surface area is 118 Å². The van der Waals surface area contributed by atoms with Gasteiger partial charge in [-0.05, 0) is 39.6 Å². The number of fused-ring (bicyclic) bond motifs is 1. The Morgan fingerprint density at radius 3 is 2.60 bits per heavy atom. The molecule has 1 unspecified atom stereocenters. The Morgan fingerprint density at radius 2 is 2.15 bits per heavy atom. The predicted octanol–water partition coefficient (Wildman–Crippen LogP) is 0.670. The molecule has 0 aliphatic heterocycles. The van der Waals surface area contributed by atoms with Crippen molar-refractivity contribution >= 4 is 24.6 Å². The van der Waals surface area contributed by atoms with Crippen molar-refractivity contribution in [3.63, 3.8) is 0 Å². The highest BCUT2D eigenvalue weighted by molar-refractivity contribution is 5.84. The maximum absolute atomic E-state index is 12.0. The van der Waals surface area contributed by atoms with E-state index >= 15 is 0 Å². The molecule has 0 amide bonds. The first kappa shape index (κ1) is 13.8. The van der Waals surface area contributed by atoms with Gasteiger partial charge < -0.3 is 10.5 Å². The van der Waals surface area contributed by atoms with Crippen LogP contribution >= 0.6 is 0 Å². The molecule has 1 aliphatic carbocycles. The van der Waals surface area contributed by atoms with Crippen LogP contribution in [-0.2, 0) is 11.8 Å². The number of hydrogen-bond donors (Lipinski definition) is 1. The van der Waals surface area contributed by atoms with Crippen molar-refractivity contribution in [3.05, 3.63) is 51.9 Å². The van der Waals surface area contributed by atoms with Gasteiger partial charge >= 0.3 is 0 Å². The molecule has 20 heavy (non-hydrogen) atoms. The Kier molecular flexibility index (Phi) is 3.11. The summed E-state index contributed by atoms with van der Waals surface area (Å²) in [4.78, 5) is 0. The van der Waals surface area contributed by atoms with Gasteiger partial charge in [-0.2, -0.15) is 5.26 Å². The number of nitrogens with zero attached hydrogens (tertiary/aromatic N) is 1. The third-order valence-electron chi connectivity index (χ3n) is 4.00. The lowest BCUT2D eigenvalue weighted by Crippen LogP contribution is -2.49. The Bertz CT molecular complexity index is 796. The molecule has 2 rings (SSSR count). The van der Waals surface area contributed by atoms with Crippen LogP contribution in [0.15, 0.2) is 19.2 Å². The summed E-state index contributed by atoms with van der Waals surface area (Å²) in [6.45, 7) is 13.1. The highest BCUT2D eigenvalue weighted by Gasteiger charge is 2.44. The normalized spacial score (nSPS) is 21.0. The minimum atomic E-state index is -0.890. The second kappa shape index (κ2) is 4.50. The second-order valence-electron chi connectivity index (χ2n) is 4.92. The van der Waals surface area contributed by atoms with E-state index in [4.69, 9.17) is 5.41 Å². The van der Waals surface area contributed by atoms with Crippen LogP contribution in [0.5, 0.6) is 0 Å². The molecule has 0 saturated carbocycles. The average Bonchev–Trinajstić information content (AvgIpc) is 2.42. The highest BCUT2D eigenvalue weighted by atomic mass is 16.3. The molecule has 1 aliphatic rings. The summed E-state index contributed by atoms with van der Waals surface area (Å²) in [7, 11) is 0. The van der Waals surface area contributed by atoms with E-state index in [0.717, 1.165) is 16.7 Å². The zero-order valence-electron chi connectivity index (χ0n) is 11.4. The quantitative estimate of drug-likeness (QED) is 0.814. The van der Waals surface area contributed by atoms with Crippen LogP contribution in [0.25, 0.3) is 18.4 Å². The van der Waals surface area contributed by atoms with Gasteiger partial charge in [0.1, 0.15) is 5.41 Å². The lowest BCUT2D eigenvalue weighted by atomic mass is 9.62. The summed E-state index contributed by atoms with van der Waals surface area (Å²) in [6.07, 6.45) is 4.46. The van der Waals surface area contributed by atoms with E-state index in [1.54, 1.807) is 6.08 Å². The SMILES string of the molecule is C=CC([O-])=c1c(C=C)c(C)c2c(c1=C)CC2(C#N)C=N. The summed E-state index contributed by atoms with van der Waals surface area (Å²) in [5.41, 5.74) is 2.31. The van der Waals surface area contributed by atoms with Crippen molar-refractivity contribution in [1.29, 1.82) is 10.7 Å². The van der Waals surface area contributed by atoms with Crippen LogP contribution in [0.3, 0.4) is 0 Å². The molecule has 1 aromatic rings. The maximum Gasteiger partial charge on any atom is 0.121 e. The molecular weight excluding hydrogens is 248 g/mol. The van der Waals surface area contributed by atoms with Crippen LogP contribution in [0, 0.1) is 23.7 Å². The van der Waals surface area contributed by atoms with E-state index in [0.29, 0.717) is 22.4 Å². The van der Waals surface area contributed by atoms with Crippen molar-refractivity contribution in [2.24, 2.45) is 0 Å². The third-order valence-corrected chi connectivity index (χ3v) is 4.00. The summed E-state index contributed by atoms with van der Waals surface area (Å²) >= 11 is 0. The molecule has 0 spiro atoms. The molecule has 3 nitrogen and oxygen atoms in total. The minimum absolute atomic E-state index is 0.194. The van der Waals surface area contributed by atoms with Gasteiger partial charge in [0, 0.05) is 12.6 Å². The van der Waals surface area contributed by atoms with Crippen molar-refractivity contribution in [3.8, 4) is 6.07 Å². The van der Waals surface area contributed by atoms with E-state index in [1.807, 2.05) is 6.92 Å². The van der Waals surface area contributed by atoms with Crippen molar-refractivity contribution < 1.29 is 5.11 Å². The number of benzene rings is 1. The summed E-state index contributed by atoms with van der Waals surface area (Å²) < 4.78 is 0. The molecule has 0 saturated heterocycles. The predicted molar refractivity (Wildman–Crippen MR) is 79.4 cm³/mol.